The first kappa shape index (κ1) is 13.8. The molecule has 0 amide bonds. The van der Waals surface area contributed by atoms with Crippen LogP contribution in [0.4, 0.5) is 0 Å². The quantitative estimate of drug-likeness (QED) is 0.852. The van der Waals surface area contributed by atoms with Gasteiger partial charge < -0.3 is 9.47 Å². The standard InChI is InChI=1S/C16H16ClN3O2/c1-10-18-6-12-2-3-20(8-14(12)19-10)7-11-4-13(17)16-15(5-11)21-9-22-16/h4-6H,2-3,7-9H2,1H3. The van der Waals surface area contributed by atoms with Gasteiger partial charge in [-0.25, -0.2) is 9.97 Å². The van der Waals surface area contributed by atoms with Crippen LogP contribution in [-0.4, -0.2) is 28.2 Å². The molecule has 0 spiro atoms. The molecule has 0 bridgehead atoms. The number of benzene rings is 1. The third kappa shape index (κ3) is 2.51. The fourth-order valence-corrected chi connectivity index (χ4v) is 3.25. The zero-order valence-electron chi connectivity index (χ0n) is 12.3. The van der Waals surface area contributed by atoms with E-state index in [1.54, 1.807) is 0 Å². The van der Waals surface area contributed by atoms with Gasteiger partial charge in [-0.05, 0) is 36.6 Å². The molecule has 0 unspecified atom stereocenters. The summed E-state index contributed by atoms with van der Waals surface area (Å²) in [7, 11) is 0. The number of aryl methyl sites for hydroxylation is 1. The van der Waals surface area contributed by atoms with Crippen molar-refractivity contribution in [1.82, 2.24) is 14.9 Å². The van der Waals surface area contributed by atoms with E-state index in [4.69, 9.17) is 21.1 Å². The predicted octanol–water partition coefficient (Wildman–Crippen LogP) is 2.73. The van der Waals surface area contributed by atoms with Crippen LogP contribution in [0.15, 0.2) is 18.3 Å². The van der Waals surface area contributed by atoms with Crippen LogP contribution in [0.2, 0.25) is 5.02 Å². The molecule has 0 aliphatic carbocycles. The molecule has 4 rings (SSSR count). The van der Waals surface area contributed by atoms with E-state index in [0.717, 1.165) is 48.9 Å². The summed E-state index contributed by atoms with van der Waals surface area (Å²) < 4.78 is 10.8. The maximum absolute atomic E-state index is 6.25. The Hall–Kier alpha value is -1.85. The van der Waals surface area contributed by atoms with Crippen molar-refractivity contribution in [2.45, 2.75) is 26.4 Å². The molecule has 22 heavy (non-hydrogen) atoms. The Balaban J connectivity index is 1.54. The van der Waals surface area contributed by atoms with Crippen molar-refractivity contribution in [3.63, 3.8) is 0 Å². The molecule has 114 valence electrons. The van der Waals surface area contributed by atoms with Gasteiger partial charge in [-0.1, -0.05) is 11.6 Å². The van der Waals surface area contributed by atoms with Crippen LogP contribution < -0.4 is 9.47 Å². The van der Waals surface area contributed by atoms with Crippen LogP contribution >= 0.6 is 11.6 Å². The number of hydrogen-bond donors (Lipinski definition) is 0. The highest BCUT2D eigenvalue weighted by atomic mass is 35.5. The van der Waals surface area contributed by atoms with Crippen molar-refractivity contribution in [3.8, 4) is 11.5 Å². The van der Waals surface area contributed by atoms with Gasteiger partial charge in [0.1, 0.15) is 5.82 Å². The summed E-state index contributed by atoms with van der Waals surface area (Å²) in [5.41, 5.74) is 3.51. The van der Waals surface area contributed by atoms with Crippen LogP contribution in [-0.2, 0) is 19.5 Å². The number of halogens is 1. The lowest BCUT2D eigenvalue weighted by Crippen LogP contribution is -2.31. The molecule has 1 aromatic carbocycles. The first-order valence-corrected chi connectivity index (χ1v) is 7.68. The topological polar surface area (TPSA) is 47.5 Å². The second kappa shape index (κ2) is 5.41. The van der Waals surface area contributed by atoms with Crippen molar-refractivity contribution in [1.29, 1.82) is 0 Å². The minimum Gasteiger partial charge on any atom is -0.454 e. The lowest BCUT2D eigenvalue weighted by Gasteiger charge is -2.28. The highest BCUT2D eigenvalue weighted by Gasteiger charge is 2.21. The summed E-state index contributed by atoms with van der Waals surface area (Å²) in [4.78, 5) is 11.2. The summed E-state index contributed by atoms with van der Waals surface area (Å²) in [5, 5.41) is 0.612. The molecule has 5 nitrogen and oxygen atoms in total. The van der Waals surface area contributed by atoms with Crippen LogP contribution in [0.25, 0.3) is 0 Å². The van der Waals surface area contributed by atoms with E-state index in [1.807, 2.05) is 25.3 Å². The summed E-state index contributed by atoms with van der Waals surface area (Å²) >= 11 is 6.25. The Morgan fingerprint density at radius 3 is 3.14 bits per heavy atom. The van der Waals surface area contributed by atoms with Gasteiger partial charge in [-0.3, -0.25) is 4.90 Å². The zero-order valence-corrected chi connectivity index (χ0v) is 13.1. The van der Waals surface area contributed by atoms with Crippen molar-refractivity contribution < 1.29 is 9.47 Å². The van der Waals surface area contributed by atoms with Crippen LogP contribution in [0.5, 0.6) is 11.5 Å². The summed E-state index contributed by atoms with van der Waals surface area (Å²) in [6.07, 6.45) is 2.93. The van der Waals surface area contributed by atoms with E-state index in [2.05, 4.69) is 14.9 Å². The molecule has 6 heteroatoms. The molecular weight excluding hydrogens is 302 g/mol. The molecule has 1 aromatic heterocycles. The van der Waals surface area contributed by atoms with E-state index in [1.165, 1.54) is 5.56 Å². The van der Waals surface area contributed by atoms with Gasteiger partial charge in [-0.15, -0.1) is 0 Å². The third-order valence-corrected chi connectivity index (χ3v) is 4.32. The monoisotopic (exact) mass is 317 g/mol. The third-order valence-electron chi connectivity index (χ3n) is 4.04. The van der Waals surface area contributed by atoms with Crippen LogP contribution in [0.1, 0.15) is 22.6 Å². The minimum absolute atomic E-state index is 0.242. The van der Waals surface area contributed by atoms with E-state index >= 15 is 0 Å². The van der Waals surface area contributed by atoms with Crippen molar-refractivity contribution in [2.75, 3.05) is 13.3 Å². The Kier molecular flexibility index (Phi) is 3.39. The van der Waals surface area contributed by atoms with Crippen LogP contribution in [0, 0.1) is 6.92 Å². The Morgan fingerprint density at radius 1 is 1.32 bits per heavy atom. The van der Waals surface area contributed by atoms with Crippen molar-refractivity contribution in [3.05, 3.63) is 46.0 Å². The zero-order chi connectivity index (χ0) is 15.1. The normalized spacial score (nSPS) is 16.6. The Labute approximate surface area is 133 Å². The van der Waals surface area contributed by atoms with E-state index in [0.29, 0.717) is 10.8 Å². The van der Waals surface area contributed by atoms with Gasteiger partial charge in [0.15, 0.2) is 11.5 Å². The SMILES string of the molecule is Cc1ncc2c(n1)CN(Cc1cc(Cl)c3c(c1)OCO3)CC2. The molecule has 2 aromatic rings. The molecule has 0 atom stereocenters. The molecule has 2 aliphatic rings. The Bertz CT molecular complexity index is 736. The largest absolute Gasteiger partial charge is 0.454 e. The summed E-state index contributed by atoms with van der Waals surface area (Å²) in [5.74, 6) is 2.21. The minimum atomic E-state index is 0.242. The number of rotatable bonds is 2. The molecule has 0 saturated carbocycles. The van der Waals surface area contributed by atoms with Gasteiger partial charge in [0, 0.05) is 25.8 Å². The highest BCUT2D eigenvalue weighted by Crippen LogP contribution is 2.40. The number of fused-ring (bicyclic) bond motifs is 2. The molecule has 2 aliphatic heterocycles. The molecular formula is C16H16ClN3O2. The fourth-order valence-electron chi connectivity index (χ4n) is 2.96. The average molecular weight is 318 g/mol. The fraction of sp³-hybridized carbons (Fsp3) is 0.375. The molecule has 0 N–H and O–H groups in total. The van der Waals surface area contributed by atoms with Gasteiger partial charge in [0.05, 0.1) is 10.7 Å². The van der Waals surface area contributed by atoms with Gasteiger partial charge in [0.25, 0.3) is 0 Å². The van der Waals surface area contributed by atoms with Gasteiger partial charge in [-0.2, -0.15) is 0 Å². The van der Waals surface area contributed by atoms with Gasteiger partial charge in [0.2, 0.25) is 6.79 Å². The van der Waals surface area contributed by atoms with E-state index < -0.39 is 0 Å². The maximum atomic E-state index is 6.25. The first-order chi connectivity index (χ1) is 10.7. The lowest BCUT2D eigenvalue weighted by atomic mass is 10.1. The van der Waals surface area contributed by atoms with Crippen molar-refractivity contribution >= 4 is 11.6 Å². The Morgan fingerprint density at radius 2 is 2.23 bits per heavy atom. The molecule has 3 heterocycles. The van der Waals surface area contributed by atoms with E-state index in [9.17, 15) is 0 Å². The number of aromatic nitrogens is 2. The first-order valence-electron chi connectivity index (χ1n) is 7.31. The molecule has 0 saturated heterocycles. The van der Waals surface area contributed by atoms with Crippen LogP contribution in [0.3, 0.4) is 0 Å². The maximum Gasteiger partial charge on any atom is 0.231 e. The van der Waals surface area contributed by atoms with Gasteiger partial charge >= 0.3 is 0 Å². The lowest BCUT2D eigenvalue weighted by molar-refractivity contribution is 0.174. The number of hydrogen-bond acceptors (Lipinski definition) is 5. The highest BCUT2D eigenvalue weighted by molar-refractivity contribution is 6.32. The average Bonchev–Trinajstić information content (AvgIpc) is 2.96. The predicted molar refractivity (Wildman–Crippen MR) is 82.2 cm³/mol. The van der Waals surface area contributed by atoms with E-state index in [-0.39, 0.29) is 6.79 Å². The molecule has 0 radical (unpaired) electrons. The number of nitrogens with zero attached hydrogens (tertiary/aromatic N) is 3. The summed E-state index contributed by atoms with van der Waals surface area (Å²) in [6, 6.07) is 3.96. The second-order valence-corrected chi connectivity index (χ2v) is 6.07. The van der Waals surface area contributed by atoms with Crippen molar-refractivity contribution in [2.24, 2.45) is 0 Å². The molecule has 0 fully saturated rings. The summed E-state index contributed by atoms with van der Waals surface area (Å²) in [6.45, 7) is 4.82. The second-order valence-electron chi connectivity index (χ2n) is 5.66. The number of ether oxygens (including phenoxy) is 2. The smallest absolute Gasteiger partial charge is 0.231 e.